The maximum atomic E-state index is 9.16. The summed E-state index contributed by atoms with van der Waals surface area (Å²) in [4.78, 5) is 0. The maximum absolute atomic E-state index is 9.16. The second kappa shape index (κ2) is 7.17. The molecule has 0 aliphatic rings. The van der Waals surface area contributed by atoms with Crippen molar-refractivity contribution in [3.8, 4) is 0 Å². The van der Waals surface area contributed by atoms with Crippen molar-refractivity contribution in [1.82, 2.24) is 20.1 Å². The van der Waals surface area contributed by atoms with Crippen molar-refractivity contribution in [2.24, 2.45) is 0 Å². The topological polar surface area (TPSA) is 63.0 Å². The van der Waals surface area contributed by atoms with Gasteiger partial charge in [0.05, 0.1) is 6.61 Å². The van der Waals surface area contributed by atoms with Crippen LogP contribution in [0.3, 0.4) is 0 Å². The summed E-state index contributed by atoms with van der Waals surface area (Å²) in [7, 11) is 0. The first-order chi connectivity index (χ1) is 9.74. The summed E-state index contributed by atoms with van der Waals surface area (Å²) in [5.74, 6) is 1.02. The van der Waals surface area contributed by atoms with Crippen LogP contribution < -0.4 is 5.32 Å². The van der Waals surface area contributed by atoms with Crippen molar-refractivity contribution in [2.75, 3.05) is 6.54 Å². The number of aromatic nitrogens is 3. The van der Waals surface area contributed by atoms with Crippen molar-refractivity contribution in [2.45, 2.75) is 39.5 Å². The standard InChI is InChI=1S/C15H22N4O/c1-3-15-18-17-11-19(15)8-7-16-12(2)14-6-4-5-13(9-14)10-20/h4-6,9,11-12,16,20H,3,7-8,10H2,1-2H3. The van der Waals surface area contributed by atoms with Crippen molar-refractivity contribution >= 4 is 0 Å². The molecule has 1 heterocycles. The zero-order chi connectivity index (χ0) is 14.4. The molecule has 0 aliphatic heterocycles. The van der Waals surface area contributed by atoms with Gasteiger partial charge in [-0.05, 0) is 18.1 Å². The number of aryl methyl sites for hydroxylation is 1. The number of aliphatic hydroxyl groups excluding tert-OH is 1. The molecule has 5 nitrogen and oxygen atoms in total. The van der Waals surface area contributed by atoms with E-state index in [4.69, 9.17) is 5.11 Å². The van der Waals surface area contributed by atoms with E-state index < -0.39 is 0 Å². The van der Waals surface area contributed by atoms with Crippen LogP contribution in [0.2, 0.25) is 0 Å². The number of hydrogen-bond acceptors (Lipinski definition) is 4. The van der Waals surface area contributed by atoms with Crippen molar-refractivity contribution in [3.05, 3.63) is 47.5 Å². The summed E-state index contributed by atoms with van der Waals surface area (Å²) in [5, 5.41) is 20.6. The van der Waals surface area contributed by atoms with Crippen LogP contribution in [-0.4, -0.2) is 26.4 Å². The van der Waals surface area contributed by atoms with Crippen LogP contribution in [0.5, 0.6) is 0 Å². The summed E-state index contributed by atoms with van der Waals surface area (Å²) >= 11 is 0. The summed E-state index contributed by atoms with van der Waals surface area (Å²) in [6.45, 7) is 6.01. The molecule has 5 heteroatoms. The van der Waals surface area contributed by atoms with E-state index in [-0.39, 0.29) is 12.6 Å². The van der Waals surface area contributed by atoms with Gasteiger partial charge in [0, 0.05) is 25.6 Å². The Balaban J connectivity index is 1.87. The van der Waals surface area contributed by atoms with Gasteiger partial charge >= 0.3 is 0 Å². The van der Waals surface area contributed by atoms with Crippen LogP contribution >= 0.6 is 0 Å². The Hall–Kier alpha value is -1.72. The highest BCUT2D eigenvalue weighted by Gasteiger charge is 2.06. The molecule has 20 heavy (non-hydrogen) atoms. The molecular weight excluding hydrogens is 252 g/mol. The van der Waals surface area contributed by atoms with Gasteiger partial charge in [0.1, 0.15) is 12.2 Å². The molecule has 0 bridgehead atoms. The van der Waals surface area contributed by atoms with Crippen LogP contribution in [0.1, 0.15) is 36.8 Å². The smallest absolute Gasteiger partial charge is 0.132 e. The normalized spacial score (nSPS) is 12.6. The van der Waals surface area contributed by atoms with Crippen LogP contribution in [0.4, 0.5) is 0 Å². The van der Waals surface area contributed by atoms with Gasteiger partial charge in [0.15, 0.2) is 0 Å². The quantitative estimate of drug-likeness (QED) is 0.806. The molecule has 0 aliphatic carbocycles. The molecule has 1 atom stereocenters. The molecule has 1 aromatic heterocycles. The van der Waals surface area contributed by atoms with Gasteiger partial charge in [-0.25, -0.2) is 0 Å². The first-order valence-electron chi connectivity index (χ1n) is 7.04. The minimum Gasteiger partial charge on any atom is -0.392 e. The molecule has 2 aromatic rings. The van der Waals surface area contributed by atoms with Crippen LogP contribution in [0.25, 0.3) is 0 Å². The summed E-state index contributed by atoms with van der Waals surface area (Å²) in [6.07, 6.45) is 2.67. The molecule has 0 saturated heterocycles. The Morgan fingerprint density at radius 3 is 3.00 bits per heavy atom. The lowest BCUT2D eigenvalue weighted by molar-refractivity contribution is 0.281. The van der Waals surface area contributed by atoms with E-state index in [1.807, 2.05) is 18.2 Å². The van der Waals surface area contributed by atoms with Gasteiger partial charge in [-0.1, -0.05) is 31.2 Å². The minimum atomic E-state index is 0.0845. The number of benzene rings is 1. The molecule has 1 aromatic carbocycles. The molecule has 0 saturated carbocycles. The maximum Gasteiger partial charge on any atom is 0.132 e. The third kappa shape index (κ3) is 3.65. The zero-order valence-corrected chi connectivity index (χ0v) is 12.1. The SMILES string of the molecule is CCc1nncn1CCNC(C)c1cccc(CO)c1. The fourth-order valence-corrected chi connectivity index (χ4v) is 2.22. The third-order valence-corrected chi connectivity index (χ3v) is 3.45. The van der Waals surface area contributed by atoms with Crippen molar-refractivity contribution < 1.29 is 5.11 Å². The molecule has 0 radical (unpaired) electrons. The van der Waals surface area contributed by atoms with E-state index in [0.717, 1.165) is 30.9 Å². The van der Waals surface area contributed by atoms with Crippen molar-refractivity contribution in [3.63, 3.8) is 0 Å². The van der Waals surface area contributed by atoms with E-state index in [0.29, 0.717) is 0 Å². The summed E-state index contributed by atoms with van der Waals surface area (Å²) < 4.78 is 2.07. The summed E-state index contributed by atoms with van der Waals surface area (Å²) in [6, 6.07) is 8.28. The molecule has 0 fully saturated rings. The molecule has 108 valence electrons. The van der Waals surface area contributed by atoms with Gasteiger partial charge in [-0.15, -0.1) is 10.2 Å². The highest BCUT2D eigenvalue weighted by atomic mass is 16.3. The van der Waals surface area contributed by atoms with Crippen LogP contribution in [0.15, 0.2) is 30.6 Å². The third-order valence-electron chi connectivity index (χ3n) is 3.45. The Kier molecular flexibility index (Phi) is 5.26. The Bertz CT molecular complexity index is 538. The first kappa shape index (κ1) is 14.7. The number of aliphatic hydroxyl groups is 1. The first-order valence-corrected chi connectivity index (χ1v) is 7.04. The molecule has 2 N–H and O–H groups in total. The van der Waals surface area contributed by atoms with E-state index in [2.05, 4.69) is 40.0 Å². The predicted octanol–water partition coefficient (Wildman–Crippen LogP) is 1.68. The Morgan fingerprint density at radius 1 is 1.40 bits per heavy atom. The Labute approximate surface area is 119 Å². The molecule has 0 spiro atoms. The lowest BCUT2D eigenvalue weighted by Gasteiger charge is -2.15. The number of nitrogens with zero attached hydrogens (tertiary/aromatic N) is 3. The summed E-state index contributed by atoms with van der Waals surface area (Å²) in [5.41, 5.74) is 2.14. The lowest BCUT2D eigenvalue weighted by atomic mass is 10.1. The average Bonchev–Trinajstić information content (AvgIpc) is 2.94. The van der Waals surface area contributed by atoms with Gasteiger partial charge in [0.2, 0.25) is 0 Å². The molecule has 2 rings (SSSR count). The van der Waals surface area contributed by atoms with Gasteiger partial charge in [-0.2, -0.15) is 0 Å². The Morgan fingerprint density at radius 2 is 2.25 bits per heavy atom. The molecular formula is C15H22N4O. The largest absolute Gasteiger partial charge is 0.392 e. The highest BCUT2D eigenvalue weighted by molar-refractivity contribution is 5.25. The predicted molar refractivity (Wildman–Crippen MR) is 78.2 cm³/mol. The average molecular weight is 274 g/mol. The van der Waals surface area contributed by atoms with E-state index in [1.54, 1.807) is 6.33 Å². The van der Waals surface area contributed by atoms with Crippen molar-refractivity contribution in [1.29, 1.82) is 0 Å². The van der Waals surface area contributed by atoms with Crippen LogP contribution in [-0.2, 0) is 19.6 Å². The van der Waals surface area contributed by atoms with E-state index in [1.165, 1.54) is 5.56 Å². The van der Waals surface area contributed by atoms with Crippen LogP contribution in [0, 0.1) is 0 Å². The fourth-order valence-electron chi connectivity index (χ4n) is 2.22. The van der Waals surface area contributed by atoms with E-state index in [9.17, 15) is 0 Å². The molecule has 0 amide bonds. The second-order valence-corrected chi connectivity index (χ2v) is 4.87. The minimum absolute atomic E-state index is 0.0845. The number of nitrogens with one attached hydrogen (secondary N) is 1. The van der Waals surface area contributed by atoms with Gasteiger partial charge < -0.3 is 15.0 Å². The van der Waals surface area contributed by atoms with Gasteiger partial charge in [0.25, 0.3) is 0 Å². The van der Waals surface area contributed by atoms with Gasteiger partial charge in [-0.3, -0.25) is 0 Å². The molecule has 1 unspecified atom stereocenters. The number of rotatable bonds is 7. The highest BCUT2D eigenvalue weighted by Crippen LogP contribution is 2.14. The lowest BCUT2D eigenvalue weighted by Crippen LogP contribution is -2.23. The second-order valence-electron chi connectivity index (χ2n) is 4.87. The number of hydrogen-bond donors (Lipinski definition) is 2. The zero-order valence-electron chi connectivity index (χ0n) is 12.1. The fraction of sp³-hybridized carbons (Fsp3) is 0.467. The van der Waals surface area contributed by atoms with E-state index >= 15 is 0 Å². The monoisotopic (exact) mass is 274 g/mol.